The lowest BCUT2D eigenvalue weighted by molar-refractivity contribution is 0.239. The van der Waals surface area contributed by atoms with Gasteiger partial charge in [-0.2, -0.15) is 0 Å². The zero-order valence-electron chi connectivity index (χ0n) is 16.3. The van der Waals surface area contributed by atoms with Crippen LogP contribution >= 0.6 is 24.0 Å². The SMILES string of the molecule is CN=C(NCc1nc(C)c(C)o1)NCc1ccc(C)cc1OC(C)C.I. The van der Waals surface area contributed by atoms with Gasteiger partial charge in [0, 0.05) is 19.2 Å². The van der Waals surface area contributed by atoms with E-state index in [1.54, 1.807) is 7.05 Å². The number of guanidine groups is 1. The predicted molar refractivity (Wildman–Crippen MR) is 115 cm³/mol. The van der Waals surface area contributed by atoms with E-state index in [0.717, 1.165) is 22.8 Å². The number of benzene rings is 1. The summed E-state index contributed by atoms with van der Waals surface area (Å²) in [5, 5.41) is 6.51. The van der Waals surface area contributed by atoms with Crippen LogP contribution in [-0.2, 0) is 13.1 Å². The Bertz CT molecular complexity index is 722. The van der Waals surface area contributed by atoms with Gasteiger partial charge in [0.2, 0.25) is 5.89 Å². The van der Waals surface area contributed by atoms with Crippen molar-refractivity contribution in [3.05, 3.63) is 46.7 Å². The molecule has 0 aliphatic carbocycles. The van der Waals surface area contributed by atoms with E-state index < -0.39 is 0 Å². The summed E-state index contributed by atoms with van der Waals surface area (Å²) in [6.07, 6.45) is 0.134. The van der Waals surface area contributed by atoms with Crippen LogP contribution in [0.25, 0.3) is 0 Å². The number of hydrogen-bond donors (Lipinski definition) is 2. The summed E-state index contributed by atoms with van der Waals surface area (Å²) >= 11 is 0. The second-order valence-corrected chi connectivity index (χ2v) is 6.31. The van der Waals surface area contributed by atoms with E-state index in [1.807, 2.05) is 27.7 Å². The lowest BCUT2D eigenvalue weighted by Crippen LogP contribution is -2.36. The van der Waals surface area contributed by atoms with E-state index in [9.17, 15) is 0 Å². The summed E-state index contributed by atoms with van der Waals surface area (Å²) < 4.78 is 11.5. The van der Waals surface area contributed by atoms with Gasteiger partial charge in [-0.15, -0.1) is 24.0 Å². The number of nitrogens with zero attached hydrogens (tertiary/aromatic N) is 2. The first kappa shape index (κ1) is 22.3. The van der Waals surface area contributed by atoms with Crippen LogP contribution in [0.15, 0.2) is 27.6 Å². The first-order chi connectivity index (χ1) is 11.9. The van der Waals surface area contributed by atoms with Crippen molar-refractivity contribution in [1.29, 1.82) is 0 Å². The number of ether oxygens (including phenoxy) is 1. The van der Waals surface area contributed by atoms with E-state index >= 15 is 0 Å². The molecule has 0 atom stereocenters. The van der Waals surface area contributed by atoms with Crippen LogP contribution in [0.5, 0.6) is 5.75 Å². The monoisotopic (exact) mass is 472 g/mol. The summed E-state index contributed by atoms with van der Waals surface area (Å²) in [5.74, 6) is 3.08. The van der Waals surface area contributed by atoms with Gasteiger partial charge in [0.15, 0.2) is 5.96 Å². The molecule has 0 fully saturated rings. The Morgan fingerprint density at radius 1 is 1.19 bits per heavy atom. The van der Waals surface area contributed by atoms with Gasteiger partial charge in [-0.25, -0.2) is 4.98 Å². The highest BCUT2D eigenvalue weighted by Gasteiger charge is 2.09. The molecule has 0 saturated heterocycles. The van der Waals surface area contributed by atoms with E-state index in [4.69, 9.17) is 9.15 Å². The van der Waals surface area contributed by atoms with Crippen molar-refractivity contribution < 1.29 is 9.15 Å². The maximum Gasteiger partial charge on any atom is 0.214 e. The third-order valence-corrected chi connectivity index (χ3v) is 3.74. The fourth-order valence-electron chi connectivity index (χ4n) is 2.35. The topological polar surface area (TPSA) is 71.7 Å². The van der Waals surface area contributed by atoms with Crippen molar-refractivity contribution in [3.63, 3.8) is 0 Å². The fourth-order valence-corrected chi connectivity index (χ4v) is 2.35. The molecular weight excluding hydrogens is 443 g/mol. The lowest BCUT2D eigenvalue weighted by atomic mass is 10.1. The maximum absolute atomic E-state index is 5.91. The molecule has 0 spiro atoms. The molecule has 0 aliphatic heterocycles. The molecule has 144 valence electrons. The average Bonchev–Trinajstić information content (AvgIpc) is 2.87. The van der Waals surface area contributed by atoms with E-state index in [2.05, 4.69) is 45.7 Å². The molecule has 1 aromatic heterocycles. The Kier molecular flexibility index (Phi) is 8.91. The lowest BCUT2D eigenvalue weighted by Gasteiger charge is -2.16. The molecule has 7 heteroatoms. The van der Waals surface area contributed by atoms with Gasteiger partial charge in [-0.3, -0.25) is 4.99 Å². The Morgan fingerprint density at radius 3 is 2.46 bits per heavy atom. The van der Waals surface area contributed by atoms with Crippen molar-refractivity contribution in [2.75, 3.05) is 7.05 Å². The first-order valence-electron chi connectivity index (χ1n) is 8.52. The fraction of sp³-hybridized carbons (Fsp3) is 0.474. The quantitative estimate of drug-likeness (QED) is 0.380. The normalized spacial score (nSPS) is 11.3. The molecule has 6 nitrogen and oxygen atoms in total. The molecule has 0 radical (unpaired) electrons. The highest BCUT2D eigenvalue weighted by molar-refractivity contribution is 14.0. The highest BCUT2D eigenvalue weighted by Crippen LogP contribution is 2.21. The van der Waals surface area contributed by atoms with Gasteiger partial charge in [0.1, 0.15) is 11.5 Å². The van der Waals surface area contributed by atoms with Crippen LogP contribution < -0.4 is 15.4 Å². The average molecular weight is 472 g/mol. The number of halogens is 1. The molecule has 26 heavy (non-hydrogen) atoms. The van der Waals surface area contributed by atoms with Crippen molar-refractivity contribution in [2.24, 2.45) is 4.99 Å². The Labute approximate surface area is 172 Å². The minimum Gasteiger partial charge on any atom is -0.491 e. The zero-order chi connectivity index (χ0) is 18.4. The first-order valence-corrected chi connectivity index (χ1v) is 8.52. The van der Waals surface area contributed by atoms with Crippen LogP contribution in [-0.4, -0.2) is 24.1 Å². The van der Waals surface area contributed by atoms with Crippen molar-refractivity contribution >= 4 is 29.9 Å². The molecule has 2 N–H and O–H groups in total. The minimum absolute atomic E-state index is 0. The number of aliphatic imine (C=N–C) groups is 1. The van der Waals surface area contributed by atoms with Gasteiger partial charge in [0.05, 0.1) is 18.3 Å². The van der Waals surface area contributed by atoms with Crippen LogP contribution in [0, 0.1) is 20.8 Å². The van der Waals surface area contributed by atoms with E-state index in [1.165, 1.54) is 5.56 Å². The molecule has 0 saturated carbocycles. The molecule has 2 aromatic rings. The molecule has 0 bridgehead atoms. The second kappa shape index (κ2) is 10.4. The Morgan fingerprint density at radius 2 is 1.88 bits per heavy atom. The van der Waals surface area contributed by atoms with Crippen LogP contribution in [0.1, 0.15) is 42.3 Å². The molecule has 0 aliphatic rings. The van der Waals surface area contributed by atoms with Gasteiger partial charge < -0.3 is 19.8 Å². The smallest absolute Gasteiger partial charge is 0.214 e. The molecule has 1 aromatic carbocycles. The van der Waals surface area contributed by atoms with E-state index in [-0.39, 0.29) is 30.1 Å². The number of oxazole rings is 1. The summed E-state index contributed by atoms with van der Waals surface area (Å²) in [7, 11) is 1.74. The maximum atomic E-state index is 5.91. The molecular formula is C19H29IN4O2. The molecule has 0 unspecified atom stereocenters. The number of aromatic nitrogens is 1. The summed E-state index contributed by atoms with van der Waals surface area (Å²) in [6.45, 7) is 11.1. The van der Waals surface area contributed by atoms with Crippen LogP contribution in [0.4, 0.5) is 0 Å². The largest absolute Gasteiger partial charge is 0.491 e. The van der Waals surface area contributed by atoms with Crippen LogP contribution in [0.2, 0.25) is 0 Å². The Hall–Kier alpha value is -1.77. The molecule has 2 rings (SSSR count). The second-order valence-electron chi connectivity index (χ2n) is 6.31. The summed E-state index contributed by atoms with van der Waals surface area (Å²) in [5.41, 5.74) is 3.18. The number of aryl methyl sites for hydroxylation is 3. The number of hydrogen-bond acceptors (Lipinski definition) is 4. The van der Waals surface area contributed by atoms with Crippen molar-refractivity contribution in [2.45, 2.75) is 53.8 Å². The summed E-state index contributed by atoms with van der Waals surface area (Å²) in [4.78, 5) is 8.60. The zero-order valence-corrected chi connectivity index (χ0v) is 18.7. The van der Waals surface area contributed by atoms with Gasteiger partial charge in [0.25, 0.3) is 0 Å². The third-order valence-electron chi connectivity index (χ3n) is 3.74. The minimum atomic E-state index is 0. The van der Waals surface area contributed by atoms with Gasteiger partial charge in [-0.05, 0) is 46.2 Å². The standard InChI is InChI=1S/C19H28N4O2.HI/c1-12(2)24-17-9-13(3)7-8-16(17)10-21-19(20-6)22-11-18-23-14(4)15(5)25-18;/h7-9,12H,10-11H2,1-6H3,(H2,20,21,22);1H. The Balaban J connectivity index is 0.00000338. The van der Waals surface area contributed by atoms with Gasteiger partial charge in [-0.1, -0.05) is 12.1 Å². The predicted octanol–water partition coefficient (Wildman–Crippen LogP) is 3.87. The number of nitrogens with one attached hydrogen (secondary N) is 2. The summed E-state index contributed by atoms with van der Waals surface area (Å²) in [6, 6.07) is 6.22. The van der Waals surface area contributed by atoms with Gasteiger partial charge >= 0.3 is 0 Å². The molecule has 1 heterocycles. The molecule has 0 amide bonds. The third kappa shape index (κ3) is 6.51. The van der Waals surface area contributed by atoms with Crippen LogP contribution in [0.3, 0.4) is 0 Å². The highest BCUT2D eigenvalue weighted by atomic mass is 127. The van der Waals surface area contributed by atoms with Crippen molar-refractivity contribution in [3.8, 4) is 5.75 Å². The number of rotatable bonds is 6. The van der Waals surface area contributed by atoms with Crippen molar-refractivity contribution in [1.82, 2.24) is 15.6 Å². The van der Waals surface area contributed by atoms with E-state index in [0.29, 0.717) is 24.9 Å².